The van der Waals surface area contributed by atoms with E-state index in [1.54, 1.807) is 6.92 Å². The van der Waals surface area contributed by atoms with Crippen LogP contribution in [-0.2, 0) is 16.4 Å². The van der Waals surface area contributed by atoms with Gasteiger partial charge in [0.15, 0.2) is 0 Å². The van der Waals surface area contributed by atoms with Crippen LogP contribution in [-0.4, -0.2) is 33.6 Å². The van der Waals surface area contributed by atoms with Gasteiger partial charge in [0.25, 0.3) is 0 Å². The summed E-state index contributed by atoms with van der Waals surface area (Å²) in [6, 6.07) is 7.80. The van der Waals surface area contributed by atoms with E-state index >= 15 is 0 Å². The van der Waals surface area contributed by atoms with E-state index in [0.717, 1.165) is 17.9 Å². The maximum absolute atomic E-state index is 11.3. The second-order valence-corrected chi connectivity index (χ2v) is 6.59. The number of nitrogens with one attached hydrogen (secondary N) is 1. The zero-order chi connectivity index (χ0) is 13.4. The van der Waals surface area contributed by atoms with Crippen LogP contribution in [0.25, 0.3) is 0 Å². The summed E-state index contributed by atoms with van der Waals surface area (Å²) in [4.78, 5) is 0. The SMILES string of the molecule is CCS(=O)(=O)CCCOc1cccc(CNC)c1. The molecule has 0 radical (unpaired) electrons. The van der Waals surface area contributed by atoms with Crippen LogP contribution in [0.2, 0.25) is 0 Å². The molecule has 0 amide bonds. The standard InChI is InChI=1S/C13H21NO3S/c1-3-18(15,16)9-5-8-17-13-7-4-6-12(10-13)11-14-2/h4,6-7,10,14H,3,5,8-9,11H2,1-2H3. The van der Waals surface area contributed by atoms with Gasteiger partial charge in [-0.2, -0.15) is 0 Å². The number of ether oxygens (including phenoxy) is 1. The van der Waals surface area contributed by atoms with Crippen molar-refractivity contribution in [3.05, 3.63) is 29.8 Å². The van der Waals surface area contributed by atoms with Crippen LogP contribution in [0.15, 0.2) is 24.3 Å². The van der Waals surface area contributed by atoms with E-state index in [2.05, 4.69) is 5.32 Å². The Morgan fingerprint density at radius 1 is 1.33 bits per heavy atom. The molecule has 0 aliphatic heterocycles. The van der Waals surface area contributed by atoms with Crippen molar-refractivity contribution in [3.8, 4) is 5.75 Å². The molecular formula is C13H21NO3S. The number of rotatable bonds is 8. The Morgan fingerprint density at radius 2 is 2.11 bits per heavy atom. The zero-order valence-electron chi connectivity index (χ0n) is 11.0. The van der Waals surface area contributed by atoms with E-state index in [9.17, 15) is 8.42 Å². The van der Waals surface area contributed by atoms with Gasteiger partial charge < -0.3 is 10.1 Å². The van der Waals surface area contributed by atoms with Crippen molar-refractivity contribution in [1.82, 2.24) is 5.32 Å². The van der Waals surface area contributed by atoms with Crippen LogP contribution >= 0.6 is 0 Å². The normalized spacial score (nSPS) is 11.4. The lowest BCUT2D eigenvalue weighted by atomic mass is 10.2. The summed E-state index contributed by atoms with van der Waals surface area (Å²) in [5.41, 5.74) is 1.15. The monoisotopic (exact) mass is 271 g/mol. The second kappa shape index (κ2) is 7.38. The minimum Gasteiger partial charge on any atom is -0.494 e. The summed E-state index contributed by atoms with van der Waals surface area (Å²) in [6.45, 7) is 2.89. The molecule has 0 saturated heterocycles. The first-order valence-corrected chi connectivity index (χ1v) is 7.96. The number of benzene rings is 1. The van der Waals surface area contributed by atoms with Crippen molar-refractivity contribution in [2.45, 2.75) is 19.9 Å². The molecule has 0 aliphatic carbocycles. The summed E-state index contributed by atoms with van der Waals surface area (Å²) < 4.78 is 28.1. The molecule has 0 aromatic heterocycles. The maximum atomic E-state index is 11.3. The number of hydrogen-bond acceptors (Lipinski definition) is 4. The topological polar surface area (TPSA) is 55.4 Å². The minimum atomic E-state index is -2.88. The third-order valence-electron chi connectivity index (χ3n) is 2.59. The van der Waals surface area contributed by atoms with Crippen molar-refractivity contribution in [1.29, 1.82) is 0 Å². The van der Waals surface area contributed by atoms with E-state index in [4.69, 9.17) is 4.74 Å². The van der Waals surface area contributed by atoms with Crippen LogP contribution in [0.1, 0.15) is 18.9 Å². The van der Waals surface area contributed by atoms with Gasteiger partial charge in [0.2, 0.25) is 0 Å². The van der Waals surface area contributed by atoms with Crippen LogP contribution in [0.3, 0.4) is 0 Å². The van der Waals surface area contributed by atoms with Gasteiger partial charge in [-0.3, -0.25) is 0 Å². The van der Waals surface area contributed by atoms with Gasteiger partial charge in [0.1, 0.15) is 15.6 Å². The molecule has 0 atom stereocenters. The average Bonchev–Trinajstić information content (AvgIpc) is 2.36. The van der Waals surface area contributed by atoms with Crippen LogP contribution in [0, 0.1) is 0 Å². The van der Waals surface area contributed by atoms with Crippen LogP contribution in [0.5, 0.6) is 5.75 Å². The summed E-state index contributed by atoms with van der Waals surface area (Å²) in [5.74, 6) is 1.18. The van der Waals surface area contributed by atoms with Gasteiger partial charge >= 0.3 is 0 Å². The molecule has 1 aromatic rings. The van der Waals surface area contributed by atoms with E-state index in [1.165, 1.54) is 0 Å². The second-order valence-electron chi connectivity index (χ2n) is 4.12. The van der Waals surface area contributed by atoms with Crippen molar-refractivity contribution < 1.29 is 13.2 Å². The molecule has 0 heterocycles. The van der Waals surface area contributed by atoms with Crippen LogP contribution < -0.4 is 10.1 Å². The predicted octanol–water partition coefficient (Wildman–Crippen LogP) is 1.61. The Balaban J connectivity index is 2.37. The quantitative estimate of drug-likeness (QED) is 0.730. The van der Waals surface area contributed by atoms with E-state index < -0.39 is 9.84 Å². The van der Waals surface area contributed by atoms with Crippen LogP contribution in [0.4, 0.5) is 0 Å². The highest BCUT2D eigenvalue weighted by Gasteiger charge is 2.06. The largest absolute Gasteiger partial charge is 0.494 e. The van der Waals surface area contributed by atoms with E-state index in [0.29, 0.717) is 13.0 Å². The highest BCUT2D eigenvalue weighted by Crippen LogP contribution is 2.13. The molecule has 1 aromatic carbocycles. The molecular weight excluding hydrogens is 250 g/mol. The molecule has 1 N–H and O–H groups in total. The van der Waals surface area contributed by atoms with Crippen molar-refractivity contribution in [2.75, 3.05) is 25.2 Å². The van der Waals surface area contributed by atoms with Gasteiger partial charge in [0, 0.05) is 12.3 Å². The highest BCUT2D eigenvalue weighted by atomic mass is 32.2. The number of hydrogen-bond donors (Lipinski definition) is 1. The number of sulfone groups is 1. The minimum absolute atomic E-state index is 0.194. The summed E-state index contributed by atoms with van der Waals surface area (Å²) in [7, 11) is -0.989. The maximum Gasteiger partial charge on any atom is 0.150 e. The first-order valence-electron chi connectivity index (χ1n) is 6.14. The van der Waals surface area contributed by atoms with Gasteiger partial charge in [-0.25, -0.2) is 8.42 Å². The Morgan fingerprint density at radius 3 is 2.78 bits per heavy atom. The molecule has 18 heavy (non-hydrogen) atoms. The van der Waals surface area contributed by atoms with Gasteiger partial charge in [-0.05, 0) is 31.2 Å². The summed E-state index contributed by atoms with van der Waals surface area (Å²) in [6.07, 6.45) is 0.534. The smallest absolute Gasteiger partial charge is 0.150 e. The molecule has 0 unspecified atom stereocenters. The first-order chi connectivity index (χ1) is 8.57. The molecule has 0 saturated carbocycles. The molecule has 0 bridgehead atoms. The van der Waals surface area contributed by atoms with E-state index in [1.807, 2.05) is 31.3 Å². The Hall–Kier alpha value is -1.07. The van der Waals surface area contributed by atoms with Crippen molar-refractivity contribution in [2.24, 2.45) is 0 Å². The molecule has 4 nitrogen and oxygen atoms in total. The highest BCUT2D eigenvalue weighted by molar-refractivity contribution is 7.91. The lowest BCUT2D eigenvalue weighted by Crippen LogP contribution is -2.12. The van der Waals surface area contributed by atoms with E-state index in [-0.39, 0.29) is 11.5 Å². The lowest BCUT2D eigenvalue weighted by Gasteiger charge is -2.08. The fraction of sp³-hybridized carbons (Fsp3) is 0.538. The zero-order valence-corrected chi connectivity index (χ0v) is 11.8. The Kier molecular flexibility index (Phi) is 6.15. The molecule has 102 valence electrons. The Labute approximate surface area is 109 Å². The molecule has 5 heteroatoms. The Bertz CT molecular complexity index is 457. The van der Waals surface area contributed by atoms with Gasteiger partial charge in [-0.15, -0.1) is 0 Å². The fourth-order valence-corrected chi connectivity index (χ4v) is 2.41. The van der Waals surface area contributed by atoms with Gasteiger partial charge in [0.05, 0.1) is 12.4 Å². The first kappa shape index (κ1) is 15.0. The predicted molar refractivity (Wildman–Crippen MR) is 73.6 cm³/mol. The third-order valence-corrected chi connectivity index (χ3v) is 4.38. The third kappa shape index (κ3) is 5.51. The van der Waals surface area contributed by atoms with Crippen molar-refractivity contribution >= 4 is 9.84 Å². The van der Waals surface area contributed by atoms with Crippen molar-refractivity contribution in [3.63, 3.8) is 0 Å². The molecule has 1 rings (SSSR count). The summed E-state index contributed by atoms with van der Waals surface area (Å²) in [5, 5.41) is 3.07. The fourth-order valence-electron chi connectivity index (χ4n) is 1.56. The van der Waals surface area contributed by atoms with Gasteiger partial charge in [-0.1, -0.05) is 19.1 Å². The lowest BCUT2D eigenvalue weighted by molar-refractivity contribution is 0.317. The molecule has 0 spiro atoms. The average molecular weight is 271 g/mol. The molecule has 0 fully saturated rings. The summed E-state index contributed by atoms with van der Waals surface area (Å²) >= 11 is 0. The molecule has 0 aliphatic rings.